The highest BCUT2D eigenvalue weighted by Gasteiger charge is 2.03. The number of hydrogen-bond acceptors (Lipinski definition) is 3. The van der Waals surface area contributed by atoms with Crippen LogP contribution >= 0.6 is 0 Å². The van der Waals surface area contributed by atoms with E-state index in [2.05, 4.69) is 10.6 Å². The van der Waals surface area contributed by atoms with Gasteiger partial charge in [-0.25, -0.2) is 9.59 Å². The van der Waals surface area contributed by atoms with E-state index in [1.807, 2.05) is 0 Å². The number of benzene rings is 1. The number of aryl methyl sites for hydroxylation is 1. The maximum atomic E-state index is 11.5. The van der Waals surface area contributed by atoms with Crippen LogP contribution < -0.4 is 10.6 Å². The van der Waals surface area contributed by atoms with Gasteiger partial charge in [0.1, 0.15) is 5.75 Å². The topological polar surface area (TPSA) is 98.7 Å². The minimum atomic E-state index is -0.968. The van der Waals surface area contributed by atoms with Gasteiger partial charge in [-0.1, -0.05) is 12.1 Å². The van der Waals surface area contributed by atoms with Gasteiger partial charge in [-0.3, -0.25) is 0 Å². The van der Waals surface area contributed by atoms with Gasteiger partial charge >= 0.3 is 12.0 Å². The van der Waals surface area contributed by atoms with E-state index in [1.165, 1.54) is 13.0 Å². The Balaban J connectivity index is 2.39. The predicted molar refractivity (Wildman–Crippen MR) is 75.9 cm³/mol. The number of urea groups is 1. The third-order valence-corrected chi connectivity index (χ3v) is 2.68. The summed E-state index contributed by atoms with van der Waals surface area (Å²) in [7, 11) is 0. The van der Waals surface area contributed by atoms with Crippen LogP contribution in [0.1, 0.15) is 18.9 Å². The number of anilines is 1. The van der Waals surface area contributed by atoms with Gasteiger partial charge in [0.15, 0.2) is 0 Å². The van der Waals surface area contributed by atoms with E-state index < -0.39 is 12.0 Å². The molecule has 0 fully saturated rings. The number of phenolic OH excluding ortho intramolecular Hbond substituents is 1. The van der Waals surface area contributed by atoms with Crippen LogP contribution in [0, 0.1) is 6.92 Å². The molecule has 1 aromatic rings. The van der Waals surface area contributed by atoms with Crippen LogP contribution in [0.4, 0.5) is 10.5 Å². The summed E-state index contributed by atoms with van der Waals surface area (Å²) < 4.78 is 0. The van der Waals surface area contributed by atoms with Gasteiger partial charge in [-0.15, -0.1) is 0 Å². The summed E-state index contributed by atoms with van der Waals surface area (Å²) in [6.07, 6.45) is 1.98. The highest BCUT2D eigenvalue weighted by molar-refractivity contribution is 5.89. The molecule has 0 saturated heterocycles. The van der Waals surface area contributed by atoms with Gasteiger partial charge in [0.25, 0.3) is 0 Å². The molecule has 0 aliphatic carbocycles. The average molecular weight is 278 g/mol. The third kappa shape index (κ3) is 5.01. The zero-order chi connectivity index (χ0) is 15.1. The van der Waals surface area contributed by atoms with E-state index in [0.29, 0.717) is 18.7 Å². The first-order valence-corrected chi connectivity index (χ1v) is 6.14. The fourth-order valence-electron chi connectivity index (χ4n) is 1.42. The minimum Gasteiger partial charge on any atom is -0.508 e. The van der Waals surface area contributed by atoms with Gasteiger partial charge in [0.2, 0.25) is 0 Å². The van der Waals surface area contributed by atoms with Crippen molar-refractivity contribution in [2.45, 2.75) is 20.3 Å². The quantitative estimate of drug-likeness (QED) is 0.490. The Hall–Kier alpha value is -2.50. The lowest BCUT2D eigenvalue weighted by Gasteiger charge is -2.08. The molecular weight excluding hydrogens is 260 g/mol. The van der Waals surface area contributed by atoms with Gasteiger partial charge in [-0.05, 0) is 31.9 Å². The van der Waals surface area contributed by atoms with Crippen molar-refractivity contribution >= 4 is 17.7 Å². The van der Waals surface area contributed by atoms with E-state index in [9.17, 15) is 14.7 Å². The van der Waals surface area contributed by atoms with Gasteiger partial charge < -0.3 is 20.8 Å². The van der Waals surface area contributed by atoms with E-state index in [-0.39, 0.29) is 11.3 Å². The molecule has 0 aliphatic rings. The largest absolute Gasteiger partial charge is 0.508 e. The lowest BCUT2D eigenvalue weighted by molar-refractivity contribution is -0.132. The minimum absolute atomic E-state index is 0.114. The van der Waals surface area contributed by atoms with Crippen molar-refractivity contribution in [3.05, 3.63) is 35.4 Å². The summed E-state index contributed by atoms with van der Waals surface area (Å²) in [6, 6.07) is 4.44. The van der Waals surface area contributed by atoms with Crippen molar-refractivity contribution in [1.29, 1.82) is 0 Å². The van der Waals surface area contributed by atoms with E-state index in [0.717, 1.165) is 5.56 Å². The molecule has 2 amide bonds. The number of aromatic hydroxyl groups is 1. The van der Waals surface area contributed by atoms with Gasteiger partial charge in [0, 0.05) is 23.9 Å². The first kappa shape index (κ1) is 15.6. The number of phenols is 1. The molecule has 108 valence electrons. The van der Waals surface area contributed by atoms with Crippen LogP contribution in [-0.2, 0) is 4.79 Å². The normalized spacial score (nSPS) is 11.0. The zero-order valence-corrected chi connectivity index (χ0v) is 11.4. The monoisotopic (exact) mass is 278 g/mol. The highest BCUT2D eigenvalue weighted by Crippen LogP contribution is 2.20. The maximum absolute atomic E-state index is 11.5. The Morgan fingerprint density at radius 3 is 2.65 bits per heavy atom. The number of aliphatic carboxylic acids is 1. The van der Waals surface area contributed by atoms with Crippen molar-refractivity contribution in [3.63, 3.8) is 0 Å². The number of carbonyl (C=O) groups excluding carboxylic acids is 1. The molecule has 0 heterocycles. The molecule has 4 N–H and O–H groups in total. The summed E-state index contributed by atoms with van der Waals surface area (Å²) >= 11 is 0. The second-order valence-electron chi connectivity index (χ2n) is 4.36. The molecule has 0 bridgehead atoms. The van der Waals surface area contributed by atoms with Crippen molar-refractivity contribution in [3.8, 4) is 5.75 Å². The summed E-state index contributed by atoms with van der Waals surface area (Å²) in [6.45, 7) is 3.59. The average Bonchev–Trinajstić information content (AvgIpc) is 2.38. The summed E-state index contributed by atoms with van der Waals surface area (Å²) in [5.74, 6) is -0.854. The lowest BCUT2D eigenvalue weighted by atomic mass is 10.2. The second-order valence-corrected chi connectivity index (χ2v) is 4.36. The van der Waals surface area contributed by atoms with Crippen molar-refractivity contribution in [1.82, 2.24) is 5.32 Å². The van der Waals surface area contributed by atoms with Crippen LogP contribution in [0.5, 0.6) is 5.75 Å². The molecule has 1 rings (SSSR count). The molecule has 6 nitrogen and oxygen atoms in total. The predicted octanol–water partition coefficient (Wildman–Crippen LogP) is 2.24. The molecule has 0 radical (unpaired) electrons. The van der Waals surface area contributed by atoms with Crippen LogP contribution in [0.15, 0.2) is 29.8 Å². The fraction of sp³-hybridized carbons (Fsp3) is 0.286. The molecule has 20 heavy (non-hydrogen) atoms. The van der Waals surface area contributed by atoms with Gasteiger partial charge in [0.05, 0.1) is 0 Å². The maximum Gasteiger partial charge on any atom is 0.330 e. The number of nitrogens with one attached hydrogen (secondary N) is 2. The van der Waals surface area contributed by atoms with Crippen molar-refractivity contribution < 1.29 is 19.8 Å². The molecule has 0 aromatic heterocycles. The van der Waals surface area contributed by atoms with E-state index >= 15 is 0 Å². The smallest absolute Gasteiger partial charge is 0.330 e. The Morgan fingerprint density at radius 2 is 2.05 bits per heavy atom. The molecular formula is C14H18N2O4. The standard InChI is InChI=1S/C14H18N2O4/c1-9-5-6-11(8-12(9)17)16-14(20)15-7-3-4-10(2)13(18)19/h4-6,8,17H,3,7H2,1-2H3,(H,18,19)(H2,15,16,20). The highest BCUT2D eigenvalue weighted by atomic mass is 16.4. The Morgan fingerprint density at radius 1 is 1.35 bits per heavy atom. The van der Waals surface area contributed by atoms with Crippen LogP contribution in [0.3, 0.4) is 0 Å². The third-order valence-electron chi connectivity index (χ3n) is 2.68. The molecule has 0 spiro atoms. The molecule has 1 aromatic carbocycles. The lowest BCUT2D eigenvalue weighted by Crippen LogP contribution is -2.29. The number of carboxylic acid groups (broad SMARTS) is 1. The van der Waals surface area contributed by atoms with Gasteiger partial charge in [-0.2, -0.15) is 0 Å². The number of rotatable bonds is 5. The first-order chi connectivity index (χ1) is 9.40. The summed E-state index contributed by atoms with van der Waals surface area (Å²) in [5.41, 5.74) is 1.46. The first-order valence-electron chi connectivity index (χ1n) is 6.14. The van der Waals surface area contributed by atoms with E-state index in [4.69, 9.17) is 5.11 Å². The summed E-state index contributed by atoms with van der Waals surface area (Å²) in [4.78, 5) is 22.1. The van der Waals surface area contributed by atoms with Crippen LogP contribution in [0.2, 0.25) is 0 Å². The molecule has 0 aliphatic heterocycles. The molecule has 6 heteroatoms. The Bertz CT molecular complexity index is 538. The van der Waals surface area contributed by atoms with Crippen LogP contribution in [0.25, 0.3) is 0 Å². The summed E-state index contributed by atoms with van der Waals surface area (Å²) in [5, 5.41) is 23.3. The fourth-order valence-corrected chi connectivity index (χ4v) is 1.42. The molecule has 0 saturated carbocycles. The molecule has 0 unspecified atom stereocenters. The SMILES string of the molecule is CC(=CCCNC(=O)Nc1ccc(C)c(O)c1)C(=O)O. The van der Waals surface area contributed by atoms with Crippen LogP contribution in [-0.4, -0.2) is 28.8 Å². The number of hydrogen-bond donors (Lipinski definition) is 4. The van der Waals surface area contributed by atoms with Crippen molar-refractivity contribution in [2.75, 3.05) is 11.9 Å². The Kier molecular flexibility index (Phi) is 5.58. The Labute approximate surface area is 117 Å². The second kappa shape index (κ2) is 7.18. The number of amides is 2. The molecule has 0 atom stereocenters. The zero-order valence-electron chi connectivity index (χ0n) is 11.4. The van der Waals surface area contributed by atoms with Crippen molar-refractivity contribution in [2.24, 2.45) is 0 Å². The number of carbonyl (C=O) groups is 2. The van der Waals surface area contributed by atoms with E-state index in [1.54, 1.807) is 25.1 Å². The number of carboxylic acids is 1.